The Bertz CT molecular complexity index is 865. The number of likely N-dealkylation sites (tertiary alicyclic amines) is 1. The first-order valence-electron chi connectivity index (χ1n) is 9.26. The molecule has 1 aromatic heterocycles. The number of aryl methyl sites for hydroxylation is 1. The number of carboxylic acid groups (broad SMARTS) is 1. The largest absolute Gasteiger partial charge is 0.480 e. The topological polar surface area (TPSA) is 83.6 Å². The molecule has 1 saturated heterocycles. The maximum atomic E-state index is 13.8. The van der Waals surface area contributed by atoms with Crippen LogP contribution in [0.1, 0.15) is 31.6 Å². The molecule has 1 amide bonds. The number of aliphatic carboxylic acids is 1. The summed E-state index contributed by atoms with van der Waals surface area (Å²) in [5, 5.41) is 9.56. The number of hydrogen-bond donors (Lipinski definition) is 1. The smallest absolute Gasteiger partial charge is 0.326 e. The number of carboxylic acids is 1. The van der Waals surface area contributed by atoms with Crippen LogP contribution in [-0.4, -0.2) is 39.5 Å². The highest BCUT2D eigenvalue weighted by atomic mass is 19.1. The van der Waals surface area contributed by atoms with Crippen LogP contribution in [0, 0.1) is 17.7 Å². The minimum atomic E-state index is -0.921. The first-order valence-corrected chi connectivity index (χ1v) is 9.26. The molecular weight excluding hydrogens is 351 g/mol. The number of hydrogen-bond acceptors (Lipinski definition) is 4. The second-order valence-electron chi connectivity index (χ2n) is 7.28. The van der Waals surface area contributed by atoms with Gasteiger partial charge in [0.05, 0.1) is 11.8 Å². The van der Waals surface area contributed by atoms with Crippen molar-refractivity contribution in [3.8, 4) is 11.3 Å². The Morgan fingerprint density at radius 2 is 2.11 bits per heavy atom. The van der Waals surface area contributed by atoms with Crippen LogP contribution in [0.15, 0.2) is 34.9 Å². The molecule has 142 valence electrons. The van der Waals surface area contributed by atoms with Gasteiger partial charge in [0, 0.05) is 19.4 Å². The fraction of sp³-hybridized carbons (Fsp3) is 0.450. The molecule has 0 radical (unpaired) electrons. The number of oxazole rings is 1. The highest BCUT2D eigenvalue weighted by Crippen LogP contribution is 2.42. The first-order chi connectivity index (χ1) is 13.0. The van der Waals surface area contributed by atoms with Gasteiger partial charge in [-0.05, 0) is 36.8 Å². The molecule has 2 aliphatic rings. The quantitative estimate of drug-likeness (QED) is 0.872. The maximum Gasteiger partial charge on any atom is 0.326 e. The van der Waals surface area contributed by atoms with Crippen molar-refractivity contribution in [3.05, 3.63) is 42.2 Å². The summed E-state index contributed by atoms with van der Waals surface area (Å²) < 4.78 is 19.4. The Morgan fingerprint density at radius 1 is 1.30 bits per heavy atom. The number of benzene rings is 1. The number of aromatic nitrogens is 1. The monoisotopic (exact) mass is 372 g/mol. The second-order valence-corrected chi connectivity index (χ2v) is 7.28. The molecule has 0 spiro atoms. The van der Waals surface area contributed by atoms with E-state index in [0.29, 0.717) is 29.7 Å². The van der Waals surface area contributed by atoms with Crippen LogP contribution in [0.25, 0.3) is 11.3 Å². The molecule has 6 nitrogen and oxygen atoms in total. The predicted octanol–water partition coefficient (Wildman–Crippen LogP) is 3.13. The van der Waals surface area contributed by atoms with Crippen molar-refractivity contribution in [3.63, 3.8) is 0 Å². The molecule has 1 aromatic carbocycles. The van der Waals surface area contributed by atoms with Crippen LogP contribution in [0.4, 0.5) is 4.39 Å². The van der Waals surface area contributed by atoms with Crippen molar-refractivity contribution in [1.29, 1.82) is 0 Å². The minimum Gasteiger partial charge on any atom is -0.480 e. The van der Waals surface area contributed by atoms with Gasteiger partial charge < -0.3 is 14.4 Å². The van der Waals surface area contributed by atoms with Gasteiger partial charge in [0.25, 0.3) is 0 Å². The number of amides is 1. The standard InChI is InChI=1S/C20H21FN2O4/c21-15-7-2-1-5-14(15)16-10-22-17(27-16)8-9-18(24)23-11-12-4-3-6-13(12)19(23)20(25)26/h1-2,5,7,10,12-13,19H,3-4,6,8-9,11H2,(H,25,26). The molecule has 2 heterocycles. The van der Waals surface area contributed by atoms with E-state index in [1.807, 2.05) is 0 Å². The molecular formula is C20H21FN2O4. The number of carbonyl (C=O) groups excluding carboxylic acids is 1. The molecule has 2 fully saturated rings. The van der Waals surface area contributed by atoms with Gasteiger partial charge in [0.1, 0.15) is 11.9 Å². The molecule has 1 aliphatic carbocycles. The summed E-state index contributed by atoms with van der Waals surface area (Å²) in [5.41, 5.74) is 0.320. The minimum absolute atomic E-state index is 0.0702. The maximum absolute atomic E-state index is 13.8. The van der Waals surface area contributed by atoms with Crippen molar-refractivity contribution >= 4 is 11.9 Å². The van der Waals surface area contributed by atoms with E-state index in [2.05, 4.69) is 4.98 Å². The van der Waals surface area contributed by atoms with E-state index in [1.54, 1.807) is 18.2 Å². The lowest BCUT2D eigenvalue weighted by Gasteiger charge is -2.24. The van der Waals surface area contributed by atoms with E-state index in [-0.39, 0.29) is 24.7 Å². The predicted molar refractivity (Wildman–Crippen MR) is 94.2 cm³/mol. The number of rotatable bonds is 5. The van der Waals surface area contributed by atoms with Gasteiger partial charge in [-0.3, -0.25) is 4.79 Å². The molecule has 3 unspecified atom stereocenters. The molecule has 4 rings (SSSR count). The van der Waals surface area contributed by atoms with E-state index in [9.17, 15) is 19.1 Å². The lowest BCUT2D eigenvalue weighted by Crippen LogP contribution is -2.43. The van der Waals surface area contributed by atoms with E-state index < -0.39 is 17.8 Å². The van der Waals surface area contributed by atoms with Crippen molar-refractivity contribution < 1.29 is 23.5 Å². The third kappa shape index (κ3) is 3.34. The summed E-state index contributed by atoms with van der Waals surface area (Å²) >= 11 is 0. The number of halogens is 1. The Kier molecular flexibility index (Phi) is 4.68. The van der Waals surface area contributed by atoms with Gasteiger partial charge in [0.15, 0.2) is 11.7 Å². The SMILES string of the molecule is O=C(O)C1C2CCCC2CN1C(=O)CCc1ncc(-c2ccccc2F)o1. The molecule has 0 bridgehead atoms. The molecule has 3 atom stereocenters. The van der Waals surface area contributed by atoms with Gasteiger partial charge in [-0.25, -0.2) is 14.2 Å². The lowest BCUT2D eigenvalue weighted by molar-refractivity contribution is -0.149. The molecule has 1 N–H and O–H groups in total. The van der Waals surface area contributed by atoms with Crippen molar-refractivity contribution in [2.45, 2.75) is 38.1 Å². The normalized spacial score (nSPS) is 24.2. The third-order valence-electron chi connectivity index (χ3n) is 5.71. The number of nitrogens with zero attached hydrogens (tertiary/aromatic N) is 2. The van der Waals surface area contributed by atoms with Crippen molar-refractivity contribution in [2.75, 3.05) is 6.54 Å². The van der Waals surface area contributed by atoms with Crippen LogP contribution in [-0.2, 0) is 16.0 Å². The van der Waals surface area contributed by atoms with Crippen LogP contribution in [0.3, 0.4) is 0 Å². The van der Waals surface area contributed by atoms with Crippen LogP contribution in [0.5, 0.6) is 0 Å². The van der Waals surface area contributed by atoms with Gasteiger partial charge in [-0.1, -0.05) is 18.6 Å². The Labute approximate surface area is 156 Å². The van der Waals surface area contributed by atoms with E-state index in [1.165, 1.54) is 17.2 Å². The van der Waals surface area contributed by atoms with Gasteiger partial charge >= 0.3 is 5.97 Å². The number of fused-ring (bicyclic) bond motifs is 1. The fourth-order valence-electron chi connectivity index (χ4n) is 4.45. The fourth-order valence-corrected chi connectivity index (χ4v) is 4.45. The lowest BCUT2D eigenvalue weighted by atomic mass is 9.94. The van der Waals surface area contributed by atoms with E-state index in [0.717, 1.165) is 19.3 Å². The first kappa shape index (κ1) is 17.7. The molecule has 27 heavy (non-hydrogen) atoms. The number of carbonyl (C=O) groups is 2. The Hall–Kier alpha value is -2.70. The summed E-state index contributed by atoms with van der Waals surface area (Å²) in [7, 11) is 0. The molecule has 1 saturated carbocycles. The summed E-state index contributed by atoms with van der Waals surface area (Å²) in [6.45, 7) is 0.520. The van der Waals surface area contributed by atoms with Gasteiger partial charge in [-0.15, -0.1) is 0 Å². The van der Waals surface area contributed by atoms with Crippen molar-refractivity contribution in [2.24, 2.45) is 11.8 Å². The zero-order chi connectivity index (χ0) is 19.0. The average molecular weight is 372 g/mol. The summed E-state index contributed by atoms with van der Waals surface area (Å²) in [6.07, 6.45) is 4.72. The van der Waals surface area contributed by atoms with Crippen molar-refractivity contribution in [1.82, 2.24) is 9.88 Å². The average Bonchev–Trinajstić information content (AvgIpc) is 3.35. The third-order valence-corrected chi connectivity index (χ3v) is 5.71. The summed E-state index contributed by atoms with van der Waals surface area (Å²) in [5.74, 6) is -0.491. The summed E-state index contributed by atoms with van der Waals surface area (Å²) in [4.78, 5) is 29.9. The van der Waals surface area contributed by atoms with Gasteiger partial charge in [0.2, 0.25) is 5.91 Å². The van der Waals surface area contributed by atoms with E-state index in [4.69, 9.17) is 4.42 Å². The Balaban J connectivity index is 1.41. The summed E-state index contributed by atoms with van der Waals surface area (Å²) in [6, 6.07) is 5.53. The zero-order valence-electron chi connectivity index (χ0n) is 14.8. The Morgan fingerprint density at radius 3 is 2.89 bits per heavy atom. The molecule has 7 heteroatoms. The van der Waals surface area contributed by atoms with Crippen LogP contribution >= 0.6 is 0 Å². The van der Waals surface area contributed by atoms with Gasteiger partial charge in [-0.2, -0.15) is 0 Å². The zero-order valence-corrected chi connectivity index (χ0v) is 14.8. The highest BCUT2D eigenvalue weighted by molar-refractivity contribution is 5.84. The van der Waals surface area contributed by atoms with Crippen LogP contribution < -0.4 is 0 Å². The van der Waals surface area contributed by atoms with Crippen LogP contribution in [0.2, 0.25) is 0 Å². The van der Waals surface area contributed by atoms with E-state index >= 15 is 0 Å². The molecule has 2 aromatic rings. The highest BCUT2D eigenvalue weighted by Gasteiger charge is 2.49. The second kappa shape index (κ2) is 7.13. The molecule has 1 aliphatic heterocycles.